The molecule has 3 aromatic carbocycles. The smallest absolute Gasteiger partial charge is 0.352 e. The van der Waals surface area contributed by atoms with Crippen LogP contribution in [0.25, 0.3) is 0 Å². The first kappa shape index (κ1) is 29.4. The molecule has 6 nitrogen and oxygen atoms in total. The Labute approximate surface area is 242 Å². The Morgan fingerprint density at radius 3 is 2.40 bits per heavy atom. The predicted octanol–water partition coefficient (Wildman–Crippen LogP) is 7.56. The zero-order chi connectivity index (χ0) is 28.7. The van der Waals surface area contributed by atoms with Gasteiger partial charge in [-0.2, -0.15) is 13.2 Å². The molecule has 1 heterocycles. The number of thiazole rings is 1. The van der Waals surface area contributed by atoms with Gasteiger partial charge in [-0.25, -0.2) is 4.98 Å². The van der Waals surface area contributed by atoms with Gasteiger partial charge >= 0.3 is 6.18 Å². The van der Waals surface area contributed by atoms with Gasteiger partial charge in [-0.1, -0.05) is 65.7 Å². The van der Waals surface area contributed by atoms with E-state index in [1.165, 1.54) is 28.4 Å². The lowest BCUT2D eigenvalue weighted by atomic mass is 10.1. The number of amides is 2. The summed E-state index contributed by atoms with van der Waals surface area (Å²) in [5.74, 6) is -0.767. The maximum Gasteiger partial charge on any atom is 0.416 e. The minimum absolute atomic E-state index is 0.0456. The van der Waals surface area contributed by atoms with Gasteiger partial charge in [0, 0.05) is 37.1 Å². The van der Waals surface area contributed by atoms with Crippen molar-refractivity contribution in [3.63, 3.8) is 0 Å². The summed E-state index contributed by atoms with van der Waals surface area (Å²) >= 11 is 13.3. The first-order chi connectivity index (χ1) is 19.1. The van der Waals surface area contributed by atoms with Crippen molar-refractivity contribution in [1.29, 1.82) is 0 Å². The molecule has 0 fully saturated rings. The van der Waals surface area contributed by atoms with Crippen molar-refractivity contribution in [1.82, 2.24) is 15.2 Å². The minimum atomic E-state index is -4.47. The third-order valence-electron chi connectivity index (χ3n) is 5.75. The van der Waals surface area contributed by atoms with Crippen molar-refractivity contribution in [2.24, 2.45) is 0 Å². The normalized spacial score (nSPS) is 11.2. The van der Waals surface area contributed by atoms with Crippen LogP contribution in [-0.2, 0) is 24.1 Å². The highest BCUT2D eigenvalue weighted by atomic mass is 35.5. The number of carbonyl (C=O) groups excluding carboxylic acids is 2. The number of hydrogen-bond donors (Lipinski definition) is 2. The second-order valence-electron chi connectivity index (χ2n) is 8.73. The van der Waals surface area contributed by atoms with E-state index in [1.54, 1.807) is 23.6 Å². The summed E-state index contributed by atoms with van der Waals surface area (Å²) in [6.07, 6.45) is -4.51. The molecule has 2 N–H and O–H groups in total. The second-order valence-corrected chi connectivity index (χ2v) is 10.4. The molecule has 0 aliphatic rings. The molecule has 12 heteroatoms. The second kappa shape index (κ2) is 13.2. The van der Waals surface area contributed by atoms with Crippen molar-refractivity contribution in [3.05, 3.63) is 111 Å². The number of hydrogen-bond acceptors (Lipinski definition) is 5. The number of nitrogens with zero attached hydrogens (tertiary/aromatic N) is 2. The van der Waals surface area contributed by atoms with Crippen molar-refractivity contribution < 1.29 is 22.8 Å². The molecule has 0 bridgehead atoms. The van der Waals surface area contributed by atoms with E-state index in [-0.39, 0.29) is 37.7 Å². The molecule has 0 aliphatic carbocycles. The third kappa shape index (κ3) is 8.20. The Bertz CT molecular complexity index is 1480. The number of alkyl halides is 3. The van der Waals surface area contributed by atoms with Crippen LogP contribution in [0.1, 0.15) is 33.6 Å². The number of halogens is 5. The summed E-state index contributed by atoms with van der Waals surface area (Å²) in [4.78, 5) is 31.9. The van der Waals surface area contributed by atoms with Gasteiger partial charge in [0.1, 0.15) is 5.69 Å². The van der Waals surface area contributed by atoms with Gasteiger partial charge in [-0.15, -0.1) is 11.3 Å². The average Bonchev–Trinajstić information content (AvgIpc) is 3.40. The molecule has 0 saturated heterocycles. The number of aromatic nitrogens is 1. The molecule has 0 atom stereocenters. The average molecular weight is 607 g/mol. The van der Waals surface area contributed by atoms with E-state index < -0.39 is 17.6 Å². The molecule has 0 saturated carbocycles. The highest BCUT2D eigenvalue weighted by Gasteiger charge is 2.30. The van der Waals surface area contributed by atoms with Gasteiger partial charge in [0.15, 0.2) is 5.13 Å². The van der Waals surface area contributed by atoms with Crippen LogP contribution >= 0.6 is 34.5 Å². The fraction of sp³-hybridized carbons (Fsp3) is 0.179. The predicted molar refractivity (Wildman–Crippen MR) is 151 cm³/mol. The number of carbonyl (C=O) groups is 2. The lowest BCUT2D eigenvalue weighted by Gasteiger charge is -2.22. The largest absolute Gasteiger partial charge is 0.416 e. The van der Waals surface area contributed by atoms with E-state index in [0.717, 1.165) is 17.7 Å². The highest BCUT2D eigenvalue weighted by molar-refractivity contribution is 7.14. The maximum atomic E-state index is 13.4. The monoisotopic (exact) mass is 606 g/mol. The summed E-state index contributed by atoms with van der Waals surface area (Å²) < 4.78 is 38.9. The SMILES string of the molecule is O=C(CCN(Cc1ccccc1)C(=O)c1csc(Nc2ccc(Cl)c(Cl)c2)n1)NCc1cccc(C(F)(F)F)c1. The Hall–Kier alpha value is -3.60. The van der Waals surface area contributed by atoms with Crippen molar-refractivity contribution in [3.8, 4) is 0 Å². The summed E-state index contributed by atoms with van der Waals surface area (Å²) in [5, 5.41) is 8.60. The van der Waals surface area contributed by atoms with Gasteiger partial charge < -0.3 is 15.5 Å². The Kier molecular flexibility index (Phi) is 9.67. The van der Waals surface area contributed by atoms with Gasteiger partial charge in [-0.3, -0.25) is 9.59 Å². The fourth-order valence-electron chi connectivity index (χ4n) is 3.73. The van der Waals surface area contributed by atoms with Crippen molar-refractivity contribution in [2.75, 3.05) is 11.9 Å². The molecule has 208 valence electrons. The van der Waals surface area contributed by atoms with Crippen molar-refractivity contribution >= 4 is 57.2 Å². The molecular formula is C28H23Cl2F3N4O2S. The molecular weight excluding hydrogens is 584 g/mol. The van der Waals surface area contributed by atoms with Crippen LogP contribution in [0, 0.1) is 0 Å². The van der Waals surface area contributed by atoms with Crippen LogP contribution in [0.3, 0.4) is 0 Å². The molecule has 0 aliphatic heterocycles. The molecule has 4 rings (SSSR count). The van der Waals surface area contributed by atoms with E-state index in [4.69, 9.17) is 23.2 Å². The topological polar surface area (TPSA) is 74.3 Å². The van der Waals surface area contributed by atoms with Crippen LogP contribution in [0.5, 0.6) is 0 Å². The number of benzene rings is 3. The molecule has 4 aromatic rings. The molecule has 0 spiro atoms. The molecule has 2 amide bonds. The molecule has 1 aromatic heterocycles. The van der Waals surface area contributed by atoms with Gasteiger partial charge in [0.05, 0.1) is 15.6 Å². The number of nitrogens with one attached hydrogen (secondary N) is 2. The Balaban J connectivity index is 1.41. The lowest BCUT2D eigenvalue weighted by Crippen LogP contribution is -2.35. The zero-order valence-electron chi connectivity index (χ0n) is 20.8. The quantitative estimate of drug-likeness (QED) is 0.195. The van der Waals surface area contributed by atoms with E-state index in [0.29, 0.717) is 26.4 Å². The van der Waals surface area contributed by atoms with Crippen LogP contribution < -0.4 is 10.6 Å². The van der Waals surface area contributed by atoms with Gasteiger partial charge in [0.25, 0.3) is 5.91 Å². The Morgan fingerprint density at radius 1 is 0.925 bits per heavy atom. The first-order valence-electron chi connectivity index (χ1n) is 12.0. The van der Waals surface area contributed by atoms with Crippen molar-refractivity contribution in [2.45, 2.75) is 25.7 Å². The maximum absolute atomic E-state index is 13.4. The summed E-state index contributed by atoms with van der Waals surface area (Å²) in [6, 6.07) is 19.1. The number of rotatable bonds is 10. The third-order valence-corrected chi connectivity index (χ3v) is 7.25. The van der Waals surface area contributed by atoms with E-state index in [2.05, 4.69) is 15.6 Å². The summed E-state index contributed by atoms with van der Waals surface area (Å²) in [5.41, 5.74) is 1.26. The molecule has 40 heavy (non-hydrogen) atoms. The first-order valence-corrected chi connectivity index (χ1v) is 13.7. The highest BCUT2D eigenvalue weighted by Crippen LogP contribution is 2.30. The van der Waals surface area contributed by atoms with E-state index in [1.807, 2.05) is 30.3 Å². The molecule has 0 unspecified atom stereocenters. The summed E-state index contributed by atoms with van der Waals surface area (Å²) in [6.45, 7) is 0.258. The lowest BCUT2D eigenvalue weighted by molar-refractivity contribution is -0.137. The van der Waals surface area contributed by atoms with Crippen LogP contribution in [0.4, 0.5) is 24.0 Å². The fourth-order valence-corrected chi connectivity index (χ4v) is 4.73. The summed E-state index contributed by atoms with van der Waals surface area (Å²) in [7, 11) is 0. The molecule has 0 radical (unpaired) electrons. The standard InChI is InChI=1S/C28H23Cl2F3N4O2S/c29-22-10-9-21(14-23(22)30)35-27-36-24(17-40-27)26(39)37(16-18-5-2-1-3-6-18)12-11-25(38)34-15-19-7-4-8-20(13-19)28(31,32)33/h1-10,13-14,17H,11-12,15-16H2,(H,34,38)(H,35,36). The van der Waals surface area contributed by atoms with Crippen LogP contribution in [-0.4, -0.2) is 28.2 Å². The van der Waals surface area contributed by atoms with Gasteiger partial charge in [0.2, 0.25) is 5.91 Å². The number of anilines is 2. The minimum Gasteiger partial charge on any atom is -0.352 e. The van der Waals surface area contributed by atoms with Crippen LogP contribution in [0.15, 0.2) is 78.2 Å². The van der Waals surface area contributed by atoms with Gasteiger partial charge in [-0.05, 0) is 41.5 Å². The zero-order valence-corrected chi connectivity index (χ0v) is 23.2. The van der Waals surface area contributed by atoms with E-state index >= 15 is 0 Å². The van der Waals surface area contributed by atoms with E-state index in [9.17, 15) is 22.8 Å². The van der Waals surface area contributed by atoms with Crippen LogP contribution in [0.2, 0.25) is 10.0 Å². The Morgan fingerprint density at radius 2 is 1.68 bits per heavy atom.